The number of nitrogens with one attached hydrogen (secondary N) is 3. The van der Waals surface area contributed by atoms with Gasteiger partial charge in [-0.25, -0.2) is 9.37 Å². The van der Waals surface area contributed by atoms with Gasteiger partial charge in [-0.1, -0.05) is 24.2 Å². The smallest absolute Gasteiger partial charge is 0.247 e. The molecule has 8 nitrogen and oxygen atoms in total. The Morgan fingerprint density at radius 1 is 1.18 bits per heavy atom. The summed E-state index contributed by atoms with van der Waals surface area (Å²) < 4.78 is 17.0. The second-order valence-electron chi connectivity index (χ2n) is 7.13. The first-order valence-corrected chi connectivity index (χ1v) is 11.1. The van der Waals surface area contributed by atoms with Crippen molar-refractivity contribution in [1.82, 2.24) is 19.7 Å². The van der Waals surface area contributed by atoms with E-state index in [0.717, 1.165) is 11.6 Å². The summed E-state index contributed by atoms with van der Waals surface area (Å²) in [6.45, 7) is 3.42. The van der Waals surface area contributed by atoms with Crippen LogP contribution >= 0.6 is 27.5 Å². The van der Waals surface area contributed by atoms with Gasteiger partial charge in [-0.15, -0.1) is 0 Å². The Kier molecular flexibility index (Phi) is 6.90. The summed E-state index contributed by atoms with van der Waals surface area (Å²) in [6, 6.07) is 9.52. The molecule has 0 unspecified atom stereocenters. The lowest BCUT2D eigenvalue weighted by molar-refractivity contribution is -0.111. The van der Waals surface area contributed by atoms with Gasteiger partial charge in [0, 0.05) is 35.2 Å². The molecular formula is C23H18BrClFN7O. The third kappa shape index (κ3) is 5.41. The summed E-state index contributed by atoms with van der Waals surface area (Å²) in [5.41, 5.74) is 2.56. The van der Waals surface area contributed by atoms with Gasteiger partial charge in [0.25, 0.3) is 0 Å². The summed E-state index contributed by atoms with van der Waals surface area (Å²) in [5.74, 6) is -0.319. The van der Waals surface area contributed by atoms with E-state index in [4.69, 9.17) is 11.6 Å². The molecule has 0 radical (unpaired) electrons. The Morgan fingerprint density at radius 2 is 2.00 bits per heavy atom. The lowest BCUT2D eigenvalue weighted by Crippen LogP contribution is -2.08. The molecular weight excluding hydrogens is 525 g/mol. The van der Waals surface area contributed by atoms with Crippen molar-refractivity contribution in [2.75, 3.05) is 16.0 Å². The number of nitrogens with zero attached hydrogens (tertiary/aromatic N) is 4. The SMILES string of the molecule is C=CC(=O)Nc1ccc(F)c(Nc2nc(Nc3cnn(C)c3)ncc2-c2ccc(Cl)c(Br)c2)c1. The molecule has 0 saturated heterocycles. The van der Waals surface area contributed by atoms with Crippen LogP contribution in [0.25, 0.3) is 11.1 Å². The summed E-state index contributed by atoms with van der Waals surface area (Å²) in [6.07, 6.45) is 6.15. The molecule has 2 aromatic heterocycles. The Balaban J connectivity index is 1.75. The lowest BCUT2D eigenvalue weighted by Gasteiger charge is -2.15. The fourth-order valence-corrected chi connectivity index (χ4v) is 3.54. The number of halogens is 3. The number of amides is 1. The molecule has 4 rings (SSSR count). The van der Waals surface area contributed by atoms with Gasteiger partial charge < -0.3 is 16.0 Å². The summed E-state index contributed by atoms with van der Waals surface area (Å²) >= 11 is 9.57. The summed E-state index contributed by atoms with van der Waals surface area (Å²) in [5, 5.41) is 13.4. The van der Waals surface area contributed by atoms with E-state index in [0.29, 0.717) is 32.3 Å². The first-order valence-electron chi connectivity index (χ1n) is 9.90. The number of hydrogen-bond acceptors (Lipinski definition) is 6. The minimum Gasteiger partial charge on any atom is -0.337 e. The van der Waals surface area contributed by atoms with Crippen LogP contribution in [0.4, 0.5) is 33.2 Å². The fraction of sp³-hybridized carbons (Fsp3) is 0.0435. The van der Waals surface area contributed by atoms with E-state index in [1.165, 1.54) is 18.2 Å². The number of aryl methyl sites for hydroxylation is 1. The molecule has 4 aromatic rings. The molecule has 0 bridgehead atoms. The van der Waals surface area contributed by atoms with E-state index in [-0.39, 0.29) is 11.6 Å². The van der Waals surface area contributed by atoms with E-state index < -0.39 is 11.7 Å². The van der Waals surface area contributed by atoms with Gasteiger partial charge in [-0.05, 0) is 57.9 Å². The van der Waals surface area contributed by atoms with Crippen molar-refractivity contribution in [3.05, 3.63) is 83.0 Å². The zero-order valence-corrected chi connectivity index (χ0v) is 20.2. The van der Waals surface area contributed by atoms with Gasteiger partial charge in [0.05, 0.1) is 22.6 Å². The normalized spacial score (nSPS) is 10.6. The van der Waals surface area contributed by atoms with Gasteiger partial charge in [0.1, 0.15) is 11.6 Å². The number of anilines is 5. The second kappa shape index (κ2) is 10.0. The Bertz CT molecular complexity index is 1390. The molecule has 0 aliphatic carbocycles. The van der Waals surface area contributed by atoms with E-state index in [1.807, 2.05) is 12.1 Å². The Labute approximate surface area is 208 Å². The molecule has 1 amide bonds. The number of carbonyl (C=O) groups excluding carboxylic acids is 1. The summed E-state index contributed by atoms with van der Waals surface area (Å²) in [4.78, 5) is 20.6. The molecule has 2 aromatic carbocycles. The summed E-state index contributed by atoms with van der Waals surface area (Å²) in [7, 11) is 1.79. The lowest BCUT2D eigenvalue weighted by atomic mass is 10.1. The zero-order valence-electron chi connectivity index (χ0n) is 17.8. The van der Waals surface area contributed by atoms with Crippen LogP contribution in [0.3, 0.4) is 0 Å². The topological polar surface area (TPSA) is 96.8 Å². The molecule has 2 heterocycles. The first-order chi connectivity index (χ1) is 16.3. The van der Waals surface area contributed by atoms with Crippen LogP contribution in [-0.2, 0) is 11.8 Å². The molecule has 0 atom stereocenters. The second-order valence-corrected chi connectivity index (χ2v) is 8.39. The maximum absolute atomic E-state index is 14.7. The van der Waals surface area contributed by atoms with Crippen LogP contribution < -0.4 is 16.0 Å². The van der Waals surface area contributed by atoms with Crippen molar-refractivity contribution < 1.29 is 9.18 Å². The first kappa shape index (κ1) is 23.4. The van der Waals surface area contributed by atoms with Gasteiger partial charge in [0.15, 0.2) is 0 Å². The van der Waals surface area contributed by atoms with Crippen LogP contribution in [0.5, 0.6) is 0 Å². The fourth-order valence-electron chi connectivity index (χ4n) is 3.05. The standard InChI is InChI=1S/C23H18BrClFN7O/c1-3-21(34)29-14-5-7-19(26)20(9-14)31-22-16(13-4-6-18(25)17(24)8-13)11-27-23(32-22)30-15-10-28-33(2)12-15/h3-12H,1H2,2H3,(H,29,34)(H2,27,30,31,32). The average Bonchev–Trinajstić information content (AvgIpc) is 3.22. The largest absolute Gasteiger partial charge is 0.337 e. The van der Waals surface area contributed by atoms with Crippen molar-refractivity contribution in [3.8, 4) is 11.1 Å². The monoisotopic (exact) mass is 541 g/mol. The van der Waals surface area contributed by atoms with Crippen LogP contribution in [0.2, 0.25) is 5.02 Å². The third-order valence-corrected chi connectivity index (χ3v) is 5.87. The number of hydrogen-bond donors (Lipinski definition) is 3. The van der Waals surface area contributed by atoms with Gasteiger partial charge in [0.2, 0.25) is 11.9 Å². The van der Waals surface area contributed by atoms with E-state index in [1.54, 1.807) is 36.4 Å². The molecule has 0 aliphatic rings. The van der Waals surface area contributed by atoms with E-state index >= 15 is 0 Å². The van der Waals surface area contributed by atoms with Crippen molar-refractivity contribution in [2.24, 2.45) is 7.05 Å². The molecule has 3 N–H and O–H groups in total. The maximum Gasteiger partial charge on any atom is 0.247 e. The number of aromatic nitrogens is 4. The molecule has 11 heteroatoms. The molecule has 0 fully saturated rings. The third-order valence-electron chi connectivity index (χ3n) is 4.65. The molecule has 34 heavy (non-hydrogen) atoms. The zero-order chi connectivity index (χ0) is 24.2. The van der Waals surface area contributed by atoms with Crippen molar-refractivity contribution in [1.29, 1.82) is 0 Å². The maximum atomic E-state index is 14.7. The number of carbonyl (C=O) groups is 1. The Morgan fingerprint density at radius 3 is 2.71 bits per heavy atom. The van der Waals surface area contributed by atoms with E-state index in [9.17, 15) is 9.18 Å². The highest BCUT2D eigenvalue weighted by atomic mass is 79.9. The van der Waals surface area contributed by atoms with Gasteiger partial charge in [-0.3, -0.25) is 9.48 Å². The van der Waals surface area contributed by atoms with Crippen LogP contribution in [0.15, 0.2) is 72.1 Å². The highest BCUT2D eigenvalue weighted by Gasteiger charge is 2.14. The van der Waals surface area contributed by atoms with Crippen LogP contribution in [-0.4, -0.2) is 25.7 Å². The van der Waals surface area contributed by atoms with Crippen LogP contribution in [0.1, 0.15) is 0 Å². The molecule has 0 spiro atoms. The highest BCUT2D eigenvalue weighted by molar-refractivity contribution is 9.10. The number of rotatable bonds is 7. The molecule has 172 valence electrons. The van der Waals surface area contributed by atoms with Crippen molar-refractivity contribution in [2.45, 2.75) is 0 Å². The minimum absolute atomic E-state index is 0.113. The predicted molar refractivity (Wildman–Crippen MR) is 135 cm³/mol. The predicted octanol–water partition coefficient (Wildman–Crippen LogP) is 6.04. The van der Waals surface area contributed by atoms with Crippen LogP contribution in [0, 0.1) is 5.82 Å². The van der Waals surface area contributed by atoms with Crippen molar-refractivity contribution >= 4 is 62.3 Å². The highest BCUT2D eigenvalue weighted by Crippen LogP contribution is 2.34. The molecule has 0 saturated carbocycles. The Hall–Kier alpha value is -3.76. The van der Waals surface area contributed by atoms with Crippen molar-refractivity contribution in [3.63, 3.8) is 0 Å². The quantitative estimate of drug-likeness (QED) is 0.246. The van der Waals surface area contributed by atoms with E-state index in [2.05, 4.69) is 53.5 Å². The van der Waals surface area contributed by atoms with Gasteiger partial charge >= 0.3 is 0 Å². The number of benzene rings is 2. The minimum atomic E-state index is -0.528. The molecule has 0 aliphatic heterocycles. The van der Waals surface area contributed by atoms with Gasteiger partial charge in [-0.2, -0.15) is 10.1 Å². The average molecular weight is 543 g/mol.